The van der Waals surface area contributed by atoms with E-state index in [4.69, 9.17) is 11.6 Å². The second-order valence-corrected chi connectivity index (χ2v) is 8.38. The van der Waals surface area contributed by atoms with Gasteiger partial charge in [-0.25, -0.2) is 9.97 Å². The van der Waals surface area contributed by atoms with Crippen LogP contribution in [0.3, 0.4) is 0 Å². The summed E-state index contributed by atoms with van der Waals surface area (Å²) in [6, 6.07) is -0.155. The summed E-state index contributed by atoms with van der Waals surface area (Å²) in [5.74, 6) is -0.395. The number of aliphatic hydroxyl groups is 2. The van der Waals surface area contributed by atoms with Gasteiger partial charge in [0.2, 0.25) is 5.91 Å². The number of nitrogens with zero attached hydrogens (tertiary/aromatic N) is 3. The average Bonchev–Trinajstić information content (AvgIpc) is 3.19. The van der Waals surface area contributed by atoms with Gasteiger partial charge < -0.3 is 25.4 Å². The van der Waals surface area contributed by atoms with Crippen molar-refractivity contribution in [3.63, 3.8) is 0 Å². The summed E-state index contributed by atoms with van der Waals surface area (Å²) >= 11 is 6.45. The second kappa shape index (κ2) is 5.56. The molecule has 0 aromatic carbocycles. The molecule has 144 valence electrons. The van der Waals surface area contributed by atoms with Crippen molar-refractivity contribution in [1.82, 2.24) is 19.9 Å². The second-order valence-electron chi connectivity index (χ2n) is 8.02. The molecule has 9 heteroatoms. The smallest absolute Gasteiger partial charge is 0.229 e. The topological polar surface area (TPSA) is 112 Å². The van der Waals surface area contributed by atoms with E-state index in [-0.39, 0.29) is 11.8 Å². The lowest BCUT2D eigenvalue weighted by Gasteiger charge is -2.26. The number of rotatable bonds is 2. The van der Waals surface area contributed by atoms with Gasteiger partial charge in [0.1, 0.15) is 16.8 Å². The first-order valence-corrected chi connectivity index (χ1v) is 9.67. The first-order valence-electron chi connectivity index (χ1n) is 9.30. The molecule has 4 N–H and O–H groups in total. The Morgan fingerprint density at radius 2 is 2.26 bits per heavy atom. The van der Waals surface area contributed by atoms with Crippen LogP contribution >= 0.6 is 11.6 Å². The molecule has 27 heavy (non-hydrogen) atoms. The maximum atomic E-state index is 12.3. The van der Waals surface area contributed by atoms with Gasteiger partial charge >= 0.3 is 0 Å². The third-order valence-electron chi connectivity index (χ3n) is 6.62. The fourth-order valence-electron chi connectivity index (χ4n) is 5.12. The van der Waals surface area contributed by atoms with Crippen LogP contribution in [0.15, 0.2) is 6.33 Å². The Hall–Kier alpha value is -1.90. The van der Waals surface area contributed by atoms with E-state index in [2.05, 4.69) is 27.5 Å². The molecule has 5 rings (SSSR count). The van der Waals surface area contributed by atoms with E-state index in [1.807, 2.05) is 0 Å². The lowest BCUT2D eigenvalue weighted by Crippen LogP contribution is -2.41. The highest BCUT2D eigenvalue weighted by Crippen LogP contribution is 2.67. The van der Waals surface area contributed by atoms with E-state index >= 15 is 0 Å². The molecular weight excluding hydrogens is 370 g/mol. The molecular formula is C18H22ClN5O3. The molecule has 2 fully saturated rings. The Kier molecular flexibility index (Phi) is 3.54. The number of nitrogens with one attached hydrogen (secondary N) is 2. The number of fused-ring (bicyclic) bond motifs is 4. The average molecular weight is 392 g/mol. The zero-order chi connectivity index (χ0) is 19.1. The van der Waals surface area contributed by atoms with Gasteiger partial charge in [0, 0.05) is 24.6 Å². The van der Waals surface area contributed by atoms with Crippen molar-refractivity contribution in [1.29, 1.82) is 0 Å². The number of hydrogen-bond acceptors (Lipinski definition) is 6. The number of amides is 1. The summed E-state index contributed by atoms with van der Waals surface area (Å²) < 4.78 is 1.78. The number of anilines is 1. The van der Waals surface area contributed by atoms with Crippen molar-refractivity contribution >= 4 is 34.4 Å². The van der Waals surface area contributed by atoms with E-state index in [0.29, 0.717) is 28.8 Å². The monoisotopic (exact) mass is 391 g/mol. The minimum atomic E-state index is -1.11. The molecule has 2 aliphatic carbocycles. The molecule has 2 aromatic heterocycles. The fourth-order valence-corrected chi connectivity index (χ4v) is 5.39. The molecule has 2 aromatic rings. The molecule has 6 atom stereocenters. The van der Waals surface area contributed by atoms with Crippen LogP contribution in [0.5, 0.6) is 0 Å². The minimum absolute atomic E-state index is 0.164. The molecule has 8 nitrogen and oxygen atoms in total. The largest absolute Gasteiger partial charge is 0.389 e. The van der Waals surface area contributed by atoms with Gasteiger partial charge in [-0.3, -0.25) is 4.79 Å². The SMILES string of the molecule is CNC(=O)[C@@]12C[C@@H]1[C@@H](n1cnc3c4c(c(Cl)nc31)CCC(C)N4)[C@H](O)[C@@H]2O. The molecule has 1 aliphatic heterocycles. The number of imidazole rings is 1. The first kappa shape index (κ1) is 17.2. The maximum Gasteiger partial charge on any atom is 0.229 e. The van der Waals surface area contributed by atoms with Gasteiger partial charge in [-0.2, -0.15) is 0 Å². The van der Waals surface area contributed by atoms with Crippen molar-refractivity contribution in [2.24, 2.45) is 11.3 Å². The molecule has 0 bridgehead atoms. The van der Waals surface area contributed by atoms with Crippen LogP contribution in [0.25, 0.3) is 11.2 Å². The van der Waals surface area contributed by atoms with Crippen LogP contribution in [-0.2, 0) is 11.2 Å². The Labute approximate surface area is 160 Å². The van der Waals surface area contributed by atoms with Gasteiger partial charge in [0.25, 0.3) is 0 Å². The van der Waals surface area contributed by atoms with Crippen molar-refractivity contribution in [3.8, 4) is 0 Å². The van der Waals surface area contributed by atoms with Gasteiger partial charge in [0.15, 0.2) is 5.65 Å². The van der Waals surface area contributed by atoms with E-state index in [9.17, 15) is 15.0 Å². The number of aliphatic hydroxyl groups excluding tert-OH is 2. The normalized spacial score (nSPS) is 36.9. The first-order chi connectivity index (χ1) is 12.9. The molecule has 2 saturated carbocycles. The van der Waals surface area contributed by atoms with Crippen molar-refractivity contribution < 1.29 is 15.0 Å². The summed E-state index contributed by atoms with van der Waals surface area (Å²) in [6.45, 7) is 2.11. The number of aromatic nitrogens is 3. The van der Waals surface area contributed by atoms with Crippen molar-refractivity contribution in [3.05, 3.63) is 17.0 Å². The molecule has 3 aliphatic rings. The van der Waals surface area contributed by atoms with Crippen LogP contribution < -0.4 is 10.6 Å². The highest BCUT2D eigenvalue weighted by atomic mass is 35.5. The number of halogens is 1. The third kappa shape index (κ3) is 2.09. The standard InChI is InChI=1S/C18H22ClN5O3/c1-7-3-4-8-10(22-7)11-16(23-15(8)19)24(6-21-11)12-9-5-18(9,17(27)20-2)14(26)13(12)25/h6-7,9,12-14,22,25-26H,3-5H2,1-2H3,(H,20,27)/t7?,9-,12-,13+,14+,18+/m1/s1. The Morgan fingerprint density at radius 3 is 3.00 bits per heavy atom. The van der Waals surface area contributed by atoms with Gasteiger partial charge in [-0.05, 0) is 26.2 Å². The number of pyridine rings is 1. The van der Waals surface area contributed by atoms with Crippen LogP contribution in [0.2, 0.25) is 5.15 Å². The highest BCUT2D eigenvalue weighted by Gasteiger charge is 2.75. The predicted octanol–water partition coefficient (Wildman–Crippen LogP) is 0.860. The summed E-state index contributed by atoms with van der Waals surface area (Å²) in [4.78, 5) is 21.4. The Morgan fingerprint density at radius 1 is 1.48 bits per heavy atom. The van der Waals surface area contributed by atoms with Gasteiger partial charge in [0.05, 0.1) is 29.6 Å². The van der Waals surface area contributed by atoms with Crippen LogP contribution in [0, 0.1) is 11.3 Å². The maximum absolute atomic E-state index is 12.3. The van der Waals surface area contributed by atoms with Crippen LogP contribution in [-0.4, -0.2) is 56.0 Å². The lowest BCUT2D eigenvalue weighted by atomic mass is 9.98. The quantitative estimate of drug-likeness (QED) is 0.565. The molecule has 0 radical (unpaired) electrons. The highest BCUT2D eigenvalue weighted by molar-refractivity contribution is 6.31. The van der Waals surface area contributed by atoms with E-state index < -0.39 is 23.7 Å². The summed E-state index contributed by atoms with van der Waals surface area (Å²) in [6.07, 6.45) is 1.80. The molecule has 0 saturated heterocycles. The van der Waals surface area contributed by atoms with Crippen molar-refractivity contribution in [2.75, 3.05) is 12.4 Å². The molecule has 3 heterocycles. The summed E-state index contributed by atoms with van der Waals surface area (Å²) in [5.41, 5.74) is 2.20. The van der Waals surface area contributed by atoms with E-state index in [1.54, 1.807) is 17.9 Å². The van der Waals surface area contributed by atoms with Gasteiger partial charge in [-0.15, -0.1) is 0 Å². The van der Waals surface area contributed by atoms with Crippen LogP contribution in [0.1, 0.15) is 31.4 Å². The number of carbonyl (C=O) groups excluding carboxylic acids is 1. The zero-order valence-electron chi connectivity index (χ0n) is 15.1. The number of hydrogen-bond donors (Lipinski definition) is 4. The molecule has 0 spiro atoms. The molecule has 1 amide bonds. The third-order valence-corrected chi connectivity index (χ3v) is 6.93. The Bertz CT molecular complexity index is 962. The van der Waals surface area contributed by atoms with Gasteiger partial charge in [-0.1, -0.05) is 11.6 Å². The predicted molar refractivity (Wildman–Crippen MR) is 99.6 cm³/mol. The summed E-state index contributed by atoms with van der Waals surface area (Å²) in [7, 11) is 1.55. The van der Waals surface area contributed by atoms with Crippen molar-refractivity contribution in [2.45, 2.75) is 50.5 Å². The Balaban J connectivity index is 1.62. The van der Waals surface area contributed by atoms with E-state index in [0.717, 1.165) is 24.1 Å². The fraction of sp³-hybridized carbons (Fsp3) is 0.611. The lowest BCUT2D eigenvalue weighted by molar-refractivity contribution is -0.132. The number of carbonyl (C=O) groups is 1. The molecule has 1 unspecified atom stereocenters. The zero-order valence-corrected chi connectivity index (χ0v) is 15.9. The van der Waals surface area contributed by atoms with E-state index in [1.165, 1.54) is 0 Å². The van der Waals surface area contributed by atoms with Crippen LogP contribution in [0.4, 0.5) is 5.69 Å². The summed E-state index contributed by atoms with van der Waals surface area (Å²) in [5, 5.41) is 27.8. The minimum Gasteiger partial charge on any atom is -0.389 e.